The van der Waals surface area contributed by atoms with E-state index >= 15 is 0 Å². The van der Waals surface area contributed by atoms with Gasteiger partial charge >= 0.3 is 17.9 Å². The maximum Gasteiger partial charge on any atom is 0.306 e. The summed E-state index contributed by atoms with van der Waals surface area (Å²) in [5.74, 6) is -1.05. The first-order chi connectivity index (χ1) is 30.5. The molecule has 0 N–H and O–H groups in total. The SMILES string of the molecule is CC\C=C/C=C\C=C/C=C\C=C\C=C/CCCCCC(=O)OCC(COC(=O)CCCCC\C=C/C=C\C=C/C=C\CC)OC(=O)CCCCCC/C=C\C/C=C\C/C=C\CC. The normalized spacial score (nSPS) is 13.5. The fraction of sp³-hybridized carbons (Fsp3) is 0.482. The third-order valence-corrected chi connectivity index (χ3v) is 9.01. The number of esters is 3. The highest BCUT2D eigenvalue weighted by Gasteiger charge is 2.19. The highest BCUT2D eigenvalue weighted by Crippen LogP contribution is 2.11. The Morgan fingerprint density at radius 1 is 0.339 bits per heavy atom. The summed E-state index contributed by atoms with van der Waals surface area (Å²) in [6.45, 7) is 6.10. The van der Waals surface area contributed by atoms with Crippen molar-refractivity contribution >= 4 is 17.9 Å². The molecule has 6 heteroatoms. The van der Waals surface area contributed by atoms with E-state index in [1.165, 1.54) is 0 Å². The summed E-state index contributed by atoms with van der Waals surface area (Å²) >= 11 is 0. The van der Waals surface area contributed by atoms with Crippen molar-refractivity contribution in [3.8, 4) is 0 Å². The Bertz CT molecular complexity index is 1490. The van der Waals surface area contributed by atoms with Crippen molar-refractivity contribution < 1.29 is 28.6 Å². The van der Waals surface area contributed by atoms with Crippen LogP contribution < -0.4 is 0 Å². The first-order valence-electron chi connectivity index (χ1n) is 23.6. The van der Waals surface area contributed by atoms with Gasteiger partial charge in [-0.15, -0.1) is 0 Å². The van der Waals surface area contributed by atoms with E-state index in [1.54, 1.807) is 0 Å². The fourth-order valence-corrected chi connectivity index (χ4v) is 5.55. The lowest BCUT2D eigenvalue weighted by atomic mass is 10.1. The van der Waals surface area contributed by atoms with E-state index in [1.807, 2.05) is 97.2 Å². The molecule has 0 radical (unpaired) electrons. The van der Waals surface area contributed by atoms with Gasteiger partial charge in [-0.25, -0.2) is 0 Å². The molecule has 0 aliphatic carbocycles. The van der Waals surface area contributed by atoms with Gasteiger partial charge in [0.1, 0.15) is 13.2 Å². The Morgan fingerprint density at radius 3 is 1.10 bits per heavy atom. The zero-order chi connectivity index (χ0) is 45.1. The summed E-state index contributed by atoms with van der Waals surface area (Å²) in [4.78, 5) is 37.9. The average molecular weight is 851 g/mol. The zero-order valence-corrected chi connectivity index (χ0v) is 38.8. The third kappa shape index (κ3) is 46.1. The number of carbonyl (C=O) groups excluding carboxylic acids is 3. The number of unbranched alkanes of at least 4 members (excludes halogenated alkanes) is 10. The highest BCUT2D eigenvalue weighted by atomic mass is 16.6. The van der Waals surface area contributed by atoms with Gasteiger partial charge in [0.2, 0.25) is 0 Å². The van der Waals surface area contributed by atoms with Gasteiger partial charge in [0.05, 0.1) is 0 Å². The van der Waals surface area contributed by atoms with Gasteiger partial charge in [-0.1, -0.05) is 204 Å². The smallest absolute Gasteiger partial charge is 0.306 e. The molecule has 342 valence electrons. The van der Waals surface area contributed by atoms with Crippen molar-refractivity contribution in [3.05, 3.63) is 158 Å². The molecule has 0 rings (SSSR count). The minimum absolute atomic E-state index is 0.131. The third-order valence-electron chi connectivity index (χ3n) is 9.01. The van der Waals surface area contributed by atoms with Crippen LogP contribution in [0.3, 0.4) is 0 Å². The van der Waals surface area contributed by atoms with Crippen molar-refractivity contribution in [1.82, 2.24) is 0 Å². The number of rotatable bonds is 39. The van der Waals surface area contributed by atoms with E-state index in [4.69, 9.17) is 14.2 Å². The summed E-state index contributed by atoms with van der Waals surface area (Å²) in [7, 11) is 0. The van der Waals surface area contributed by atoms with Gasteiger partial charge in [-0.3, -0.25) is 14.4 Å². The van der Waals surface area contributed by atoms with Crippen LogP contribution in [0.4, 0.5) is 0 Å². The van der Waals surface area contributed by atoms with E-state index in [0.29, 0.717) is 12.8 Å². The summed E-state index contributed by atoms with van der Waals surface area (Å²) in [5.41, 5.74) is 0. The number of allylic oxidation sites excluding steroid dienone is 26. The van der Waals surface area contributed by atoms with Gasteiger partial charge < -0.3 is 14.2 Å². The molecule has 0 aliphatic heterocycles. The molecule has 0 aromatic heterocycles. The number of hydrogen-bond acceptors (Lipinski definition) is 6. The number of ether oxygens (including phenoxy) is 3. The molecule has 1 atom stereocenters. The Hall–Kier alpha value is -4.97. The number of carbonyl (C=O) groups is 3. The molecule has 0 spiro atoms. The van der Waals surface area contributed by atoms with Crippen LogP contribution >= 0.6 is 0 Å². The van der Waals surface area contributed by atoms with Gasteiger partial charge in [0, 0.05) is 19.3 Å². The van der Waals surface area contributed by atoms with Gasteiger partial charge in [0.25, 0.3) is 0 Å². The second kappa shape index (κ2) is 48.7. The summed E-state index contributed by atoms with van der Waals surface area (Å²) in [6.07, 6.45) is 70.8. The minimum atomic E-state index is -0.832. The highest BCUT2D eigenvalue weighted by molar-refractivity contribution is 5.71. The molecule has 0 aliphatic rings. The predicted octanol–water partition coefficient (Wildman–Crippen LogP) is 15.5. The van der Waals surface area contributed by atoms with Crippen molar-refractivity contribution in [2.45, 2.75) is 162 Å². The van der Waals surface area contributed by atoms with Crippen LogP contribution in [0.5, 0.6) is 0 Å². The lowest BCUT2D eigenvalue weighted by Crippen LogP contribution is -2.30. The van der Waals surface area contributed by atoms with Crippen LogP contribution in [-0.4, -0.2) is 37.2 Å². The molecule has 1 unspecified atom stereocenters. The van der Waals surface area contributed by atoms with Crippen molar-refractivity contribution in [1.29, 1.82) is 0 Å². The standard InChI is InChI=1S/C56H82O6/c1-4-7-10-13-16-19-22-25-27-28-29-32-34-37-40-43-46-49-55(58)61-52-53(51-60-54(57)48-45-42-39-36-33-30-24-21-18-15-12-9-6-3)62-56(59)50-47-44-41-38-35-31-26-23-20-17-14-11-8-5-2/h7-13,15-22,24-34,53H,4-6,14,23,35-52H2,1-3H3/b10-7-,11-8-,12-9-,16-13-,18-15-,20-17-,22-19-,24-21-,27-25-,29-28+,31-26-,33-30-,34-32-. The quantitative estimate of drug-likeness (QED) is 0.0202. The molecular formula is C56H82O6. The molecule has 0 fully saturated rings. The molecule has 0 aromatic rings. The van der Waals surface area contributed by atoms with Gasteiger partial charge in [0.15, 0.2) is 6.10 Å². The van der Waals surface area contributed by atoms with Crippen LogP contribution in [0.2, 0.25) is 0 Å². The first kappa shape index (κ1) is 57.0. The molecule has 0 aromatic carbocycles. The number of hydrogen-bond donors (Lipinski definition) is 0. The molecule has 0 heterocycles. The Kier molecular flexibility index (Phi) is 44.8. The Balaban J connectivity index is 4.63. The Labute approximate surface area is 378 Å². The largest absolute Gasteiger partial charge is 0.462 e. The van der Waals surface area contributed by atoms with E-state index < -0.39 is 6.10 Å². The van der Waals surface area contributed by atoms with Crippen LogP contribution in [-0.2, 0) is 28.6 Å². The molecule has 0 saturated heterocycles. The average Bonchev–Trinajstić information content (AvgIpc) is 3.27. The molecule has 0 bridgehead atoms. The topological polar surface area (TPSA) is 78.9 Å². The van der Waals surface area contributed by atoms with E-state index in [2.05, 4.69) is 81.5 Å². The van der Waals surface area contributed by atoms with Crippen LogP contribution in [0.1, 0.15) is 156 Å². The van der Waals surface area contributed by atoms with Gasteiger partial charge in [-0.05, 0) is 89.9 Å². The lowest BCUT2D eigenvalue weighted by Gasteiger charge is -2.18. The summed E-state index contributed by atoms with van der Waals surface area (Å²) in [6, 6.07) is 0. The Morgan fingerprint density at radius 2 is 0.661 bits per heavy atom. The molecule has 0 saturated carbocycles. The van der Waals surface area contributed by atoms with Crippen molar-refractivity contribution in [2.24, 2.45) is 0 Å². The maximum atomic E-state index is 12.8. The van der Waals surface area contributed by atoms with E-state index in [0.717, 1.165) is 109 Å². The summed E-state index contributed by atoms with van der Waals surface area (Å²) < 4.78 is 16.7. The zero-order valence-electron chi connectivity index (χ0n) is 38.8. The van der Waals surface area contributed by atoms with Crippen LogP contribution in [0.25, 0.3) is 0 Å². The fourth-order valence-electron chi connectivity index (χ4n) is 5.55. The van der Waals surface area contributed by atoms with Crippen molar-refractivity contribution in [3.63, 3.8) is 0 Å². The molecule has 6 nitrogen and oxygen atoms in total. The lowest BCUT2D eigenvalue weighted by molar-refractivity contribution is -0.167. The summed E-state index contributed by atoms with van der Waals surface area (Å²) in [5, 5.41) is 0. The molecule has 62 heavy (non-hydrogen) atoms. The van der Waals surface area contributed by atoms with E-state index in [-0.39, 0.29) is 44.0 Å². The maximum absolute atomic E-state index is 12.8. The van der Waals surface area contributed by atoms with Crippen LogP contribution in [0.15, 0.2) is 158 Å². The molecular weight excluding hydrogens is 769 g/mol. The second-order valence-corrected chi connectivity index (χ2v) is 14.8. The van der Waals surface area contributed by atoms with E-state index in [9.17, 15) is 14.4 Å². The molecule has 0 amide bonds. The van der Waals surface area contributed by atoms with Gasteiger partial charge in [-0.2, -0.15) is 0 Å². The first-order valence-corrected chi connectivity index (χ1v) is 23.6. The second-order valence-electron chi connectivity index (χ2n) is 14.8. The van der Waals surface area contributed by atoms with Crippen LogP contribution in [0, 0.1) is 0 Å². The van der Waals surface area contributed by atoms with Crippen molar-refractivity contribution in [2.75, 3.05) is 13.2 Å². The predicted molar refractivity (Wildman–Crippen MR) is 265 cm³/mol. The monoisotopic (exact) mass is 851 g/mol. The minimum Gasteiger partial charge on any atom is -0.462 e.